The molecule has 0 aliphatic carbocycles. The Morgan fingerprint density at radius 2 is 2.18 bits per heavy atom. The molecule has 0 unspecified atom stereocenters. The number of nitrogens with two attached hydrogens (primary N) is 1. The predicted octanol–water partition coefficient (Wildman–Crippen LogP) is 3.88. The fraction of sp³-hybridized carbons (Fsp3) is 0.190. The average Bonchev–Trinajstić information content (AvgIpc) is 3.31. The van der Waals surface area contributed by atoms with E-state index in [4.69, 9.17) is 10.7 Å². The van der Waals surface area contributed by atoms with Crippen LogP contribution in [0.2, 0.25) is 0 Å². The largest absolute Gasteiger partial charge is 0.382 e. The third kappa shape index (κ3) is 3.30. The molecule has 0 fully saturated rings. The second-order valence-corrected chi connectivity index (χ2v) is 7.71. The van der Waals surface area contributed by atoms with Crippen molar-refractivity contribution < 1.29 is 0 Å². The van der Waals surface area contributed by atoms with E-state index in [9.17, 15) is 0 Å². The van der Waals surface area contributed by atoms with E-state index in [-0.39, 0.29) is 0 Å². The molecule has 6 nitrogen and oxygen atoms in total. The van der Waals surface area contributed by atoms with E-state index in [2.05, 4.69) is 53.1 Å². The third-order valence-corrected chi connectivity index (χ3v) is 5.65. The zero-order valence-corrected chi connectivity index (χ0v) is 16.7. The number of aromatic nitrogens is 4. The van der Waals surface area contributed by atoms with E-state index in [0.717, 1.165) is 49.0 Å². The van der Waals surface area contributed by atoms with Crippen LogP contribution in [0, 0.1) is 13.8 Å². The number of nitrogens with zero attached hydrogens (tertiary/aromatic N) is 3. The van der Waals surface area contributed by atoms with Gasteiger partial charge in [-0.15, -0.1) is 11.3 Å². The molecule has 1 aromatic carbocycles. The summed E-state index contributed by atoms with van der Waals surface area (Å²) in [5.41, 5.74) is 12.5. The maximum absolute atomic E-state index is 5.63. The van der Waals surface area contributed by atoms with Gasteiger partial charge in [-0.1, -0.05) is 24.3 Å². The van der Waals surface area contributed by atoms with Crippen LogP contribution in [0.1, 0.15) is 16.8 Å². The number of aromatic amines is 1. The zero-order valence-electron chi connectivity index (χ0n) is 15.9. The van der Waals surface area contributed by atoms with Gasteiger partial charge in [0, 0.05) is 36.4 Å². The lowest BCUT2D eigenvalue weighted by molar-refractivity contribution is 0.856. The van der Waals surface area contributed by atoms with Gasteiger partial charge in [-0.25, -0.2) is 4.98 Å². The smallest absolute Gasteiger partial charge is 0.143 e. The van der Waals surface area contributed by atoms with Crippen molar-refractivity contribution in [3.05, 3.63) is 60.1 Å². The van der Waals surface area contributed by atoms with Crippen LogP contribution in [0.5, 0.6) is 0 Å². The van der Waals surface area contributed by atoms with Gasteiger partial charge in [-0.2, -0.15) is 5.10 Å². The lowest BCUT2D eigenvalue weighted by atomic mass is 10.1. The molecular weight excluding hydrogens is 368 g/mol. The Morgan fingerprint density at radius 1 is 1.32 bits per heavy atom. The molecule has 4 rings (SSSR count). The first-order chi connectivity index (χ1) is 13.6. The lowest BCUT2D eigenvalue weighted by Crippen LogP contribution is -2.21. The summed E-state index contributed by atoms with van der Waals surface area (Å²) in [7, 11) is 0. The number of aryl methyl sites for hydroxylation is 2. The highest BCUT2D eigenvalue weighted by Gasteiger charge is 2.20. The van der Waals surface area contributed by atoms with E-state index in [1.807, 2.05) is 18.3 Å². The maximum atomic E-state index is 5.63. The Kier molecular flexibility index (Phi) is 4.93. The van der Waals surface area contributed by atoms with Gasteiger partial charge in [0.05, 0.1) is 16.1 Å². The van der Waals surface area contributed by atoms with E-state index in [0.29, 0.717) is 13.1 Å². The second kappa shape index (κ2) is 7.53. The first-order valence-electron chi connectivity index (χ1n) is 9.08. The summed E-state index contributed by atoms with van der Waals surface area (Å²) in [5.74, 6) is 0. The van der Waals surface area contributed by atoms with Gasteiger partial charge in [0.15, 0.2) is 0 Å². The van der Waals surface area contributed by atoms with E-state index in [1.54, 1.807) is 17.5 Å². The number of hydrogen-bond donors (Lipinski definition) is 3. The van der Waals surface area contributed by atoms with Gasteiger partial charge in [-0.3, -0.25) is 10.1 Å². The van der Waals surface area contributed by atoms with Gasteiger partial charge in [-0.05, 0) is 31.5 Å². The molecule has 0 aliphatic rings. The van der Waals surface area contributed by atoms with Gasteiger partial charge in [0.25, 0.3) is 0 Å². The summed E-state index contributed by atoms with van der Waals surface area (Å²) in [5, 5.41) is 12.9. The molecule has 3 aromatic heterocycles. The summed E-state index contributed by atoms with van der Waals surface area (Å²) in [6.07, 6.45) is 3.61. The van der Waals surface area contributed by atoms with Crippen LogP contribution in [-0.4, -0.2) is 33.3 Å². The summed E-state index contributed by atoms with van der Waals surface area (Å²) >= 11 is 1.60. The van der Waals surface area contributed by atoms with Crippen LogP contribution in [-0.2, 0) is 0 Å². The Hall–Kier alpha value is -3.03. The number of rotatable bonds is 6. The average molecular weight is 391 g/mol. The summed E-state index contributed by atoms with van der Waals surface area (Å²) in [4.78, 5) is 10.2. The molecule has 3 heterocycles. The molecule has 0 atom stereocenters. The maximum Gasteiger partial charge on any atom is 0.143 e. The van der Waals surface area contributed by atoms with Crippen LogP contribution < -0.4 is 11.1 Å². The molecule has 0 radical (unpaired) electrons. The highest BCUT2D eigenvalue weighted by atomic mass is 32.1. The predicted molar refractivity (Wildman–Crippen MR) is 116 cm³/mol. The summed E-state index contributed by atoms with van der Waals surface area (Å²) < 4.78 is 0. The van der Waals surface area contributed by atoms with Crippen molar-refractivity contribution in [3.63, 3.8) is 0 Å². The van der Waals surface area contributed by atoms with Crippen LogP contribution in [0.25, 0.3) is 37.7 Å². The first kappa shape index (κ1) is 18.3. The minimum atomic E-state index is 0.530. The van der Waals surface area contributed by atoms with Crippen molar-refractivity contribution in [2.24, 2.45) is 5.73 Å². The van der Waals surface area contributed by atoms with Crippen LogP contribution >= 0.6 is 11.3 Å². The van der Waals surface area contributed by atoms with Crippen LogP contribution in [0.3, 0.4) is 0 Å². The standard InChI is InChI=1S/C21H22N6S/c1-12-9-13(2)17-16(10-12)19(27-26-17)21-25-18(14(3)24-8-6-22)20(28-21)15-5-4-7-23-11-15/h4-5,7,9-11,24H,3,6,8,22H2,1-2H3,(H,26,27). The summed E-state index contributed by atoms with van der Waals surface area (Å²) in [6.45, 7) is 9.51. The first-order valence-corrected chi connectivity index (χ1v) is 9.90. The molecule has 142 valence electrons. The number of nitrogens with one attached hydrogen (secondary N) is 2. The number of hydrogen-bond acceptors (Lipinski definition) is 6. The van der Waals surface area contributed by atoms with Crippen molar-refractivity contribution in [3.8, 4) is 21.1 Å². The molecule has 0 saturated heterocycles. The molecule has 0 aliphatic heterocycles. The van der Waals surface area contributed by atoms with Gasteiger partial charge in [0.2, 0.25) is 0 Å². The van der Waals surface area contributed by atoms with Gasteiger partial charge >= 0.3 is 0 Å². The van der Waals surface area contributed by atoms with Crippen LogP contribution in [0.4, 0.5) is 0 Å². The molecule has 0 saturated carbocycles. The van der Waals surface area contributed by atoms with Crippen molar-refractivity contribution >= 4 is 27.9 Å². The molecular formula is C21H22N6S. The number of fused-ring (bicyclic) bond motifs is 1. The highest BCUT2D eigenvalue weighted by Crippen LogP contribution is 2.39. The fourth-order valence-electron chi connectivity index (χ4n) is 3.27. The zero-order chi connectivity index (χ0) is 19.7. The number of H-pyrrole nitrogens is 1. The van der Waals surface area contributed by atoms with Crippen molar-refractivity contribution in [2.75, 3.05) is 13.1 Å². The quantitative estimate of drug-likeness (QED) is 0.465. The Morgan fingerprint density at radius 3 is 2.93 bits per heavy atom. The minimum Gasteiger partial charge on any atom is -0.382 e. The lowest BCUT2D eigenvalue weighted by Gasteiger charge is -2.08. The van der Waals surface area contributed by atoms with E-state index < -0.39 is 0 Å². The Balaban J connectivity index is 1.87. The normalized spacial score (nSPS) is 11.1. The topological polar surface area (TPSA) is 92.5 Å². The van der Waals surface area contributed by atoms with Crippen molar-refractivity contribution in [1.29, 1.82) is 0 Å². The van der Waals surface area contributed by atoms with E-state index >= 15 is 0 Å². The minimum absolute atomic E-state index is 0.530. The number of benzene rings is 1. The van der Waals surface area contributed by atoms with Gasteiger partial charge in [0.1, 0.15) is 16.4 Å². The molecule has 4 N–H and O–H groups in total. The van der Waals surface area contributed by atoms with Crippen molar-refractivity contribution in [2.45, 2.75) is 13.8 Å². The number of pyridine rings is 1. The molecule has 0 amide bonds. The molecule has 0 spiro atoms. The third-order valence-electron chi connectivity index (χ3n) is 4.53. The highest BCUT2D eigenvalue weighted by molar-refractivity contribution is 7.18. The second-order valence-electron chi connectivity index (χ2n) is 6.71. The number of thiazole rings is 1. The SMILES string of the molecule is C=C(NCCN)c1nc(-c2[nH]nc3c(C)cc(C)cc23)sc1-c1cccnc1. The van der Waals surface area contributed by atoms with E-state index in [1.165, 1.54) is 5.56 Å². The molecule has 0 bridgehead atoms. The summed E-state index contributed by atoms with van der Waals surface area (Å²) in [6, 6.07) is 8.24. The fourth-order valence-corrected chi connectivity index (χ4v) is 4.36. The van der Waals surface area contributed by atoms with Crippen molar-refractivity contribution in [1.82, 2.24) is 25.5 Å². The Labute approximate surface area is 167 Å². The van der Waals surface area contributed by atoms with Crippen LogP contribution in [0.15, 0.2) is 43.2 Å². The van der Waals surface area contributed by atoms with Gasteiger partial charge < -0.3 is 11.1 Å². The molecule has 28 heavy (non-hydrogen) atoms. The monoisotopic (exact) mass is 390 g/mol. The molecule has 7 heteroatoms. The molecule has 4 aromatic rings. The Bertz CT molecular complexity index is 1140.